The van der Waals surface area contributed by atoms with Gasteiger partial charge in [0.15, 0.2) is 0 Å². The Kier molecular flexibility index (Phi) is 6.79. The van der Waals surface area contributed by atoms with Crippen molar-refractivity contribution in [3.63, 3.8) is 0 Å². The molecule has 0 spiro atoms. The van der Waals surface area contributed by atoms with Crippen LogP contribution in [0.2, 0.25) is 0 Å². The highest BCUT2D eigenvalue weighted by Crippen LogP contribution is 2.54. The predicted octanol–water partition coefficient (Wildman–Crippen LogP) is 4.42. The number of aromatic carboxylic acids is 1. The number of carbonyl (C=O) groups excluding carboxylic acids is 2. The Balaban J connectivity index is 1.41. The molecule has 1 aliphatic carbocycles. The van der Waals surface area contributed by atoms with Gasteiger partial charge in [0.2, 0.25) is 0 Å². The molecule has 1 heterocycles. The molecule has 0 radical (unpaired) electrons. The summed E-state index contributed by atoms with van der Waals surface area (Å²) in [7, 11) is 1.22. The Bertz CT molecular complexity index is 1520. The smallest absolute Gasteiger partial charge is 0.336 e. The normalized spacial score (nSPS) is 17.0. The Morgan fingerprint density at radius 2 is 1.68 bits per heavy atom. The number of methoxy groups -OCH3 is 1. The molecule has 4 aromatic rings. The Hall–Kier alpha value is -4.72. The maximum absolute atomic E-state index is 13.1. The number of phenolic OH excluding ortho intramolecular Hbond substituents is 1. The molecule has 0 bridgehead atoms. The Labute approximate surface area is 218 Å². The lowest BCUT2D eigenvalue weighted by Crippen LogP contribution is -2.43. The van der Waals surface area contributed by atoms with E-state index in [0.717, 1.165) is 12.0 Å². The lowest BCUT2D eigenvalue weighted by Gasteiger charge is -2.17. The lowest BCUT2D eigenvalue weighted by atomic mass is 10.00. The second kappa shape index (κ2) is 10.3. The van der Waals surface area contributed by atoms with E-state index in [-0.39, 0.29) is 23.4 Å². The number of carboxylic acids is 1. The van der Waals surface area contributed by atoms with E-state index in [9.17, 15) is 24.6 Å². The van der Waals surface area contributed by atoms with E-state index in [1.165, 1.54) is 30.9 Å². The molecule has 0 aliphatic heterocycles. The molecule has 38 heavy (non-hydrogen) atoms. The van der Waals surface area contributed by atoms with Crippen LogP contribution in [0.15, 0.2) is 78.9 Å². The van der Waals surface area contributed by atoms with Crippen LogP contribution in [0.5, 0.6) is 5.75 Å². The number of pyridine rings is 1. The van der Waals surface area contributed by atoms with Crippen LogP contribution in [0, 0.1) is 0 Å². The van der Waals surface area contributed by atoms with Crippen LogP contribution in [0.1, 0.15) is 55.8 Å². The molecule has 1 aromatic heterocycles. The SMILES string of the molecule is COC(=O)[C@H](Cc1ccc(O)cc1)NC(=O)c1cc(C(=O)O)c2cc(C3CC3c3ccccc3)ccc2n1. The van der Waals surface area contributed by atoms with Crippen molar-refractivity contribution in [1.82, 2.24) is 10.3 Å². The number of carboxylic acid groups (broad SMARTS) is 1. The van der Waals surface area contributed by atoms with Crippen LogP contribution in [0.25, 0.3) is 10.9 Å². The minimum Gasteiger partial charge on any atom is -0.508 e. The van der Waals surface area contributed by atoms with Crippen molar-refractivity contribution in [2.45, 2.75) is 30.7 Å². The number of rotatable bonds is 8. The minimum atomic E-state index is -1.17. The molecule has 8 nitrogen and oxygen atoms in total. The van der Waals surface area contributed by atoms with Crippen molar-refractivity contribution in [2.24, 2.45) is 0 Å². The summed E-state index contributed by atoms with van der Waals surface area (Å²) in [4.78, 5) is 42.1. The molecule has 1 saturated carbocycles. The van der Waals surface area contributed by atoms with Gasteiger partial charge in [-0.1, -0.05) is 48.5 Å². The van der Waals surface area contributed by atoms with E-state index in [1.54, 1.807) is 18.2 Å². The minimum absolute atomic E-state index is 0.0351. The Morgan fingerprint density at radius 3 is 2.37 bits per heavy atom. The number of esters is 1. The molecule has 2 unspecified atom stereocenters. The molecule has 5 rings (SSSR count). The number of carbonyl (C=O) groups is 3. The third-order valence-electron chi connectivity index (χ3n) is 6.91. The summed E-state index contributed by atoms with van der Waals surface area (Å²) in [5.41, 5.74) is 3.21. The number of ether oxygens (including phenoxy) is 1. The van der Waals surface area contributed by atoms with Gasteiger partial charge >= 0.3 is 11.9 Å². The van der Waals surface area contributed by atoms with Crippen molar-refractivity contribution < 1.29 is 29.3 Å². The third-order valence-corrected chi connectivity index (χ3v) is 6.91. The topological polar surface area (TPSA) is 126 Å². The first kappa shape index (κ1) is 25.0. The lowest BCUT2D eigenvalue weighted by molar-refractivity contribution is -0.142. The first-order valence-corrected chi connectivity index (χ1v) is 12.2. The number of hydrogen-bond donors (Lipinski definition) is 3. The van der Waals surface area contributed by atoms with Crippen LogP contribution in [-0.2, 0) is 16.0 Å². The van der Waals surface area contributed by atoms with Crippen LogP contribution < -0.4 is 5.32 Å². The highest BCUT2D eigenvalue weighted by atomic mass is 16.5. The fourth-order valence-corrected chi connectivity index (χ4v) is 4.83. The summed E-state index contributed by atoms with van der Waals surface area (Å²) in [5, 5.41) is 22.5. The third kappa shape index (κ3) is 5.20. The van der Waals surface area contributed by atoms with Gasteiger partial charge in [0.05, 0.1) is 18.2 Å². The van der Waals surface area contributed by atoms with Crippen molar-refractivity contribution in [1.29, 1.82) is 0 Å². The number of hydrogen-bond acceptors (Lipinski definition) is 6. The van der Waals surface area contributed by atoms with Gasteiger partial charge in [0.1, 0.15) is 17.5 Å². The molecule has 3 N–H and O–H groups in total. The zero-order chi connectivity index (χ0) is 26.8. The highest BCUT2D eigenvalue weighted by Gasteiger charge is 2.39. The van der Waals surface area contributed by atoms with Crippen molar-refractivity contribution in [2.75, 3.05) is 7.11 Å². The van der Waals surface area contributed by atoms with Gasteiger partial charge in [-0.2, -0.15) is 0 Å². The van der Waals surface area contributed by atoms with Gasteiger partial charge in [-0.25, -0.2) is 14.6 Å². The van der Waals surface area contributed by atoms with Gasteiger partial charge in [-0.05, 0) is 65.3 Å². The monoisotopic (exact) mass is 510 g/mol. The quantitative estimate of drug-likeness (QED) is 0.300. The van der Waals surface area contributed by atoms with Crippen LogP contribution in [0.4, 0.5) is 0 Å². The molecule has 3 atom stereocenters. The van der Waals surface area contributed by atoms with E-state index in [4.69, 9.17) is 4.74 Å². The van der Waals surface area contributed by atoms with Gasteiger partial charge in [-0.3, -0.25) is 4.79 Å². The van der Waals surface area contributed by atoms with E-state index in [1.807, 2.05) is 30.3 Å². The molecule has 3 aromatic carbocycles. The van der Waals surface area contributed by atoms with E-state index in [0.29, 0.717) is 28.3 Å². The number of aromatic hydroxyl groups is 1. The van der Waals surface area contributed by atoms with Crippen LogP contribution in [-0.4, -0.2) is 46.2 Å². The van der Waals surface area contributed by atoms with Crippen LogP contribution >= 0.6 is 0 Å². The Morgan fingerprint density at radius 1 is 0.974 bits per heavy atom. The van der Waals surface area contributed by atoms with Crippen molar-refractivity contribution >= 4 is 28.7 Å². The largest absolute Gasteiger partial charge is 0.508 e. The average Bonchev–Trinajstić information content (AvgIpc) is 3.74. The number of phenols is 1. The highest BCUT2D eigenvalue weighted by molar-refractivity contribution is 6.06. The molecule has 1 aliphatic rings. The van der Waals surface area contributed by atoms with Gasteiger partial charge in [-0.15, -0.1) is 0 Å². The van der Waals surface area contributed by atoms with E-state index >= 15 is 0 Å². The van der Waals surface area contributed by atoms with Crippen molar-refractivity contribution in [3.05, 3.63) is 107 Å². The van der Waals surface area contributed by atoms with Gasteiger partial charge in [0, 0.05) is 11.8 Å². The standard InChI is InChI=1S/C30H26N2O6/c1-38-30(37)27(13-17-7-10-20(33)11-8-17)32-28(34)26-16-24(29(35)36)23-14-19(9-12-25(23)31-26)22-15-21(22)18-5-3-2-4-6-18/h2-12,14,16,21-22,27,33H,13,15H2,1H3,(H,32,34)(H,35,36)/t21?,22?,27-/m0/s1. The molecule has 1 fully saturated rings. The maximum atomic E-state index is 13.1. The zero-order valence-corrected chi connectivity index (χ0v) is 20.6. The number of fused-ring (bicyclic) bond motifs is 1. The fraction of sp³-hybridized carbons (Fsp3) is 0.200. The number of amides is 1. The van der Waals surface area contributed by atoms with E-state index < -0.39 is 23.9 Å². The fourth-order valence-electron chi connectivity index (χ4n) is 4.83. The summed E-state index contributed by atoms with van der Waals surface area (Å²) in [5.74, 6) is -1.76. The summed E-state index contributed by atoms with van der Waals surface area (Å²) >= 11 is 0. The van der Waals surface area contributed by atoms with Gasteiger partial charge in [0.25, 0.3) is 5.91 Å². The summed E-state index contributed by atoms with van der Waals surface area (Å²) < 4.78 is 4.84. The predicted molar refractivity (Wildman–Crippen MR) is 140 cm³/mol. The first-order valence-electron chi connectivity index (χ1n) is 12.2. The van der Waals surface area contributed by atoms with Gasteiger partial charge < -0.3 is 20.3 Å². The summed E-state index contributed by atoms with van der Waals surface area (Å²) in [6, 6.07) is 22.2. The molecular weight excluding hydrogens is 484 g/mol. The number of nitrogens with zero attached hydrogens (tertiary/aromatic N) is 1. The number of aromatic nitrogens is 1. The summed E-state index contributed by atoms with van der Waals surface area (Å²) in [6.45, 7) is 0. The molecule has 0 saturated heterocycles. The second-order valence-electron chi connectivity index (χ2n) is 9.42. The summed E-state index contributed by atoms with van der Waals surface area (Å²) in [6.07, 6.45) is 1.10. The maximum Gasteiger partial charge on any atom is 0.336 e. The average molecular weight is 511 g/mol. The zero-order valence-electron chi connectivity index (χ0n) is 20.6. The van der Waals surface area contributed by atoms with Crippen molar-refractivity contribution in [3.8, 4) is 5.75 Å². The second-order valence-corrected chi connectivity index (χ2v) is 9.42. The molecule has 8 heteroatoms. The molecule has 1 amide bonds. The van der Waals surface area contributed by atoms with E-state index in [2.05, 4.69) is 22.4 Å². The number of nitrogens with one attached hydrogen (secondary N) is 1. The molecular formula is C30H26N2O6. The van der Waals surface area contributed by atoms with Crippen LogP contribution in [0.3, 0.4) is 0 Å². The molecule has 192 valence electrons. The first-order chi connectivity index (χ1) is 18.3. The number of benzene rings is 3.